The van der Waals surface area contributed by atoms with Crippen molar-refractivity contribution < 1.29 is 4.74 Å². The Morgan fingerprint density at radius 1 is 1.45 bits per heavy atom. The van der Waals surface area contributed by atoms with Gasteiger partial charge in [-0.15, -0.1) is 0 Å². The summed E-state index contributed by atoms with van der Waals surface area (Å²) in [6, 6.07) is 3.58. The van der Waals surface area contributed by atoms with E-state index in [0.717, 1.165) is 19.6 Å². The van der Waals surface area contributed by atoms with Gasteiger partial charge >= 0.3 is 0 Å². The highest BCUT2D eigenvalue weighted by molar-refractivity contribution is 5.21. The Balaban J connectivity index is 1.74. The fraction of sp³-hybridized carbons (Fsp3) is 0.438. The van der Waals surface area contributed by atoms with E-state index in [1.807, 2.05) is 12.4 Å². The largest absolute Gasteiger partial charge is 0.369 e. The second-order valence-corrected chi connectivity index (χ2v) is 5.65. The van der Waals surface area contributed by atoms with Crippen LogP contribution in [-0.2, 0) is 11.3 Å². The van der Waals surface area contributed by atoms with Crippen molar-refractivity contribution in [2.75, 3.05) is 19.7 Å². The van der Waals surface area contributed by atoms with Gasteiger partial charge in [0.05, 0.1) is 12.3 Å². The van der Waals surface area contributed by atoms with Crippen LogP contribution in [0.4, 0.5) is 0 Å². The molecule has 22 heavy (non-hydrogen) atoms. The summed E-state index contributed by atoms with van der Waals surface area (Å²) in [5.41, 5.74) is 3.03. The molecule has 0 aliphatic carbocycles. The summed E-state index contributed by atoms with van der Waals surface area (Å²) < 4.78 is 5.80. The molecule has 6 nitrogen and oxygen atoms in total. The van der Waals surface area contributed by atoms with Gasteiger partial charge in [0.2, 0.25) is 0 Å². The molecule has 0 bridgehead atoms. The predicted molar refractivity (Wildman–Crippen MR) is 82.5 cm³/mol. The summed E-state index contributed by atoms with van der Waals surface area (Å²) in [5, 5.41) is 0. The van der Waals surface area contributed by atoms with Crippen LogP contribution >= 0.6 is 0 Å². The van der Waals surface area contributed by atoms with Crippen molar-refractivity contribution in [1.29, 1.82) is 0 Å². The molecule has 1 N–H and O–H groups in total. The third-order valence-electron chi connectivity index (χ3n) is 3.89. The molecule has 0 spiro atoms. The number of rotatable bonds is 3. The number of aromatic nitrogens is 3. The second-order valence-electron chi connectivity index (χ2n) is 5.65. The topological polar surface area (TPSA) is 71.1 Å². The zero-order valence-corrected chi connectivity index (χ0v) is 12.9. The number of nitrogens with zero attached hydrogens (tertiary/aromatic N) is 3. The van der Waals surface area contributed by atoms with Crippen molar-refractivity contribution in [3.05, 3.63) is 57.5 Å². The van der Waals surface area contributed by atoms with Crippen LogP contribution in [0.15, 0.2) is 29.3 Å². The Hall–Kier alpha value is -2.05. The first-order chi connectivity index (χ1) is 10.6. The molecular weight excluding hydrogens is 280 g/mol. The first kappa shape index (κ1) is 14.9. The van der Waals surface area contributed by atoms with Crippen LogP contribution in [0.2, 0.25) is 0 Å². The third kappa shape index (κ3) is 3.40. The summed E-state index contributed by atoms with van der Waals surface area (Å²) in [6.45, 7) is 6.96. The van der Waals surface area contributed by atoms with Gasteiger partial charge in [-0.1, -0.05) is 0 Å². The maximum absolute atomic E-state index is 11.6. The second kappa shape index (κ2) is 6.37. The lowest BCUT2D eigenvalue weighted by Gasteiger charge is -2.32. The monoisotopic (exact) mass is 300 g/mol. The van der Waals surface area contributed by atoms with E-state index >= 15 is 0 Å². The van der Waals surface area contributed by atoms with Crippen molar-refractivity contribution in [3.8, 4) is 0 Å². The molecule has 6 heteroatoms. The van der Waals surface area contributed by atoms with Gasteiger partial charge in [0, 0.05) is 38.1 Å². The van der Waals surface area contributed by atoms with Crippen molar-refractivity contribution >= 4 is 0 Å². The van der Waals surface area contributed by atoms with Gasteiger partial charge in [-0.25, -0.2) is 4.98 Å². The standard InChI is InChI=1S/C16H20N4O2/c1-11-8-17-4-3-13(11)9-20-5-6-22-15(10-20)14-7-16(21)19-12(2)18-14/h3-4,7-8,15H,5-6,9-10H2,1-2H3,(H,18,19,21)/t15-/m0/s1. The van der Waals surface area contributed by atoms with Crippen LogP contribution in [0.25, 0.3) is 0 Å². The summed E-state index contributed by atoms with van der Waals surface area (Å²) in [4.78, 5) is 25.1. The number of pyridine rings is 1. The highest BCUT2D eigenvalue weighted by atomic mass is 16.5. The lowest BCUT2D eigenvalue weighted by Crippen LogP contribution is -2.38. The number of hydrogen-bond donors (Lipinski definition) is 1. The zero-order chi connectivity index (χ0) is 15.5. The summed E-state index contributed by atoms with van der Waals surface area (Å²) in [7, 11) is 0. The van der Waals surface area contributed by atoms with E-state index in [-0.39, 0.29) is 11.7 Å². The van der Waals surface area contributed by atoms with Crippen molar-refractivity contribution in [3.63, 3.8) is 0 Å². The lowest BCUT2D eigenvalue weighted by atomic mass is 10.1. The van der Waals surface area contributed by atoms with Crippen LogP contribution in [0.5, 0.6) is 0 Å². The SMILES string of the molecule is Cc1nc([C@@H]2CN(Cc3ccncc3C)CCO2)cc(=O)[nH]1. The van der Waals surface area contributed by atoms with E-state index in [9.17, 15) is 4.79 Å². The lowest BCUT2D eigenvalue weighted by molar-refractivity contribution is -0.0352. The Morgan fingerprint density at radius 2 is 2.32 bits per heavy atom. The Morgan fingerprint density at radius 3 is 3.09 bits per heavy atom. The molecule has 3 rings (SSSR count). The van der Waals surface area contributed by atoms with Crippen molar-refractivity contribution in [1.82, 2.24) is 19.9 Å². The molecule has 1 fully saturated rings. The van der Waals surface area contributed by atoms with E-state index in [1.54, 1.807) is 6.92 Å². The number of H-pyrrole nitrogens is 1. The van der Waals surface area contributed by atoms with Crippen LogP contribution in [-0.4, -0.2) is 39.5 Å². The molecule has 2 aromatic rings. The van der Waals surface area contributed by atoms with Gasteiger partial charge in [0.15, 0.2) is 0 Å². The number of morpholine rings is 1. The molecule has 2 aromatic heterocycles. The number of nitrogens with one attached hydrogen (secondary N) is 1. The van der Waals surface area contributed by atoms with Crippen LogP contribution in [0, 0.1) is 13.8 Å². The van der Waals surface area contributed by atoms with E-state index < -0.39 is 0 Å². The molecule has 1 atom stereocenters. The van der Waals surface area contributed by atoms with Gasteiger partial charge in [-0.05, 0) is 31.0 Å². The van der Waals surface area contributed by atoms with Crippen LogP contribution in [0.3, 0.4) is 0 Å². The smallest absolute Gasteiger partial charge is 0.251 e. The van der Waals surface area contributed by atoms with E-state index in [2.05, 4.69) is 32.8 Å². The fourth-order valence-corrected chi connectivity index (χ4v) is 2.71. The minimum atomic E-state index is -0.156. The normalized spacial score (nSPS) is 19.3. The highest BCUT2D eigenvalue weighted by Crippen LogP contribution is 2.21. The number of hydrogen-bond acceptors (Lipinski definition) is 5. The number of ether oxygens (including phenoxy) is 1. The molecule has 0 amide bonds. The maximum atomic E-state index is 11.6. The third-order valence-corrected chi connectivity index (χ3v) is 3.89. The molecular formula is C16H20N4O2. The Labute approximate surface area is 129 Å². The average molecular weight is 300 g/mol. The van der Waals surface area contributed by atoms with E-state index in [0.29, 0.717) is 18.1 Å². The molecule has 0 unspecified atom stereocenters. The van der Waals surface area contributed by atoms with E-state index in [1.165, 1.54) is 17.2 Å². The van der Waals surface area contributed by atoms with E-state index in [4.69, 9.17) is 4.74 Å². The number of aryl methyl sites for hydroxylation is 2. The molecule has 1 aliphatic rings. The van der Waals surface area contributed by atoms with Crippen LogP contribution in [0.1, 0.15) is 28.7 Å². The van der Waals surface area contributed by atoms with Gasteiger partial charge in [-0.2, -0.15) is 0 Å². The first-order valence-electron chi connectivity index (χ1n) is 7.43. The molecule has 1 aliphatic heterocycles. The van der Waals surface area contributed by atoms with Gasteiger partial charge in [0.1, 0.15) is 11.9 Å². The molecule has 3 heterocycles. The molecule has 116 valence electrons. The summed E-state index contributed by atoms with van der Waals surface area (Å²) >= 11 is 0. The Kier molecular flexibility index (Phi) is 4.31. The minimum Gasteiger partial charge on any atom is -0.369 e. The van der Waals surface area contributed by atoms with Crippen molar-refractivity contribution in [2.45, 2.75) is 26.5 Å². The maximum Gasteiger partial charge on any atom is 0.251 e. The first-order valence-corrected chi connectivity index (χ1v) is 7.43. The quantitative estimate of drug-likeness (QED) is 0.926. The predicted octanol–water partition coefficient (Wildman–Crippen LogP) is 1.36. The molecule has 0 radical (unpaired) electrons. The molecule has 0 aromatic carbocycles. The summed E-state index contributed by atoms with van der Waals surface area (Å²) in [5.74, 6) is 0.619. The number of aromatic amines is 1. The highest BCUT2D eigenvalue weighted by Gasteiger charge is 2.24. The Bertz CT molecular complexity index is 713. The van der Waals surface area contributed by atoms with Gasteiger partial charge in [0.25, 0.3) is 5.56 Å². The molecule has 1 saturated heterocycles. The summed E-state index contributed by atoms with van der Waals surface area (Å²) in [6.07, 6.45) is 3.55. The van der Waals surface area contributed by atoms with Gasteiger partial charge in [-0.3, -0.25) is 14.7 Å². The van der Waals surface area contributed by atoms with Gasteiger partial charge < -0.3 is 9.72 Å². The van der Waals surface area contributed by atoms with Crippen LogP contribution < -0.4 is 5.56 Å². The average Bonchev–Trinajstić information content (AvgIpc) is 2.49. The van der Waals surface area contributed by atoms with Crippen molar-refractivity contribution in [2.24, 2.45) is 0 Å². The fourth-order valence-electron chi connectivity index (χ4n) is 2.71. The zero-order valence-electron chi connectivity index (χ0n) is 12.9. The minimum absolute atomic E-state index is 0.131. The molecule has 0 saturated carbocycles.